The number of aromatic nitrogens is 2. The fourth-order valence-electron chi connectivity index (χ4n) is 6.33. The quantitative estimate of drug-likeness (QED) is 0.532. The van der Waals surface area contributed by atoms with Gasteiger partial charge in [-0.05, 0) is 51.2 Å². The summed E-state index contributed by atoms with van der Waals surface area (Å²) >= 11 is 0. The van der Waals surface area contributed by atoms with Gasteiger partial charge in [-0.3, -0.25) is 38.9 Å². The summed E-state index contributed by atoms with van der Waals surface area (Å²) in [4.78, 5) is 66.3. The molecule has 1 atom stereocenters. The molecule has 1 aromatic carbocycles. The molecule has 210 valence electrons. The number of hydrogen-bond acceptors (Lipinski definition) is 7. The first-order chi connectivity index (χ1) is 19.1. The Morgan fingerprint density at radius 3 is 2.50 bits per heavy atom. The van der Waals surface area contributed by atoms with E-state index < -0.39 is 29.7 Å². The third-order valence-electron chi connectivity index (χ3n) is 9.24. The maximum absolute atomic E-state index is 13.3. The smallest absolute Gasteiger partial charge is 0.264 e. The lowest BCUT2D eigenvalue weighted by atomic mass is 9.69. The fraction of sp³-hybridized carbons (Fsp3) is 0.517. The highest BCUT2D eigenvalue weighted by molar-refractivity contribution is 6.25. The molecule has 4 heterocycles. The van der Waals surface area contributed by atoms with Crippen molar-refractivity contribution in [2.75, 3.05) is 18.4 Å². The topological polar surface area (TPSA) is 134 Å². The van der Waals surface area contributed by atoms with E-state index in [9.17, 15) is 24.0 Å². The van der Waals surface area contributed by atoms with Gasteiger partial charge in [-0.25, -0.2) is 0 Å². The zero-order valence-electron chi connectivity index (χ0n) is 22.9. The van der Waals surface area contributed by atoms with Crippen LogP contribution in [0.4, 0.5) is 5.69 Å². The van der Waals surface area contributed by atoms with E-state index >= 15 is 0 Å². The van der Waals surface area contributed by atoms with Crippen LogP contribution in [0.25, 0.3) is 0 Å². The van der Waals surface area contributed by atoms with E-state index in [1.165, 1.54) is 0 Å². The lowest BCUT2D eigenvalue weighted by Crippen LogP contribution is -2.54. The van der Waals surface area contributed by atoms with Gasteiger partial charge in [0.05, 0.1) is 22.9 Å². The molecule has 40 heavy (non-hydrogen) atoms. The van der Waals surface area contributed by atoms with Crippen molar-refractivity contribution >= 4 is 35.2 Å². The van der Waals surface area contributed by atoms with Crippen LogP contribution in [0.5, 0.6) is 0 Å². The van der Waals surface area contributed by atoms with Gasteiger partial charge >= 0.3 is 0 Å². The minimum atomic E-state index is -1.00. The highest BCUT2D eigenvalue weighted by atomic mass is 16.2. The molecule has 1 unspecified atom stereocenters. The first kappa shape index (κ1) is 26.2. The second-order valence-electron chi connectivity index (χ2n) is 12.0. The van der Waals surface area contributed by atoms with Gasteiger partial charge < -0.3 is 10.2 Å². The highest BCUT2D eigenvalue weighted by Crippen LogP contribution is 2.43. The molecule has 4 aliphatic rings. The van der Waals surface area contributed by atoms with Crippen LogP contribution in [0.1, 0.15) is 85.1 Å². The molecule has 1 aromatic heterocycles. The summed E-state index contributed by atoms with van der Waals surface area (Å²) < 4.78 is 1.98. The average molecular weight is 547 g/mol. The number of carbonyl (C=O) groups excluding carboxylic acids is 5. The van der Waals surface area contributed by atoms with E-state index in [1.54, 1.807) is 24.4 Å². The molecule has 1 saturated carbocycles. The van der Waals surface area contributed by atoms with E-state index in [1.807, 2.05) is 15.8 Å². The van der Waals surface area contributed by atoms with Crippen LogP contribution in [-0.4, -0.2) is 68.2 Å². The van der Waals surface area contributed by atoms with Crippen LogP contribution in [0.15, 0.2) is 30.6 Å². The Labute approximate surface area is 232 Å². The Hall–Kier alpha value is -4.02. The number of benzene rings is 1. The molecule has 11 nitrogen and oxygen atoms in total. The summed E-state index contributed by atoms with van der Waals surface area (Å²) in [5.41, 5.74) is 1.50. The zero-order chi connectivity index (χ0) is 28.2. The second kappa shape index (κ2) is 9.57. The summed E-state index contributed by atoms with van der Waals surface area (Å²) in [5, 5.41) is 10.1. The molecular weight excluding hydrogens is 512 g/mol. The molecule has 0 spiro atoms. The number of hydrogen-bond donors (Lipinski definition) is 2. The van der Waals surface area contributed by atoms with E-state index in [0.29, 0.717) is 25.3 Å². The number of piperidine rings is 2. The van der Waals surface area contributed by atoms with Crippen molar-refractivity contribution in [2.45, 2.75) is 76.9 Å². The van der Waals surface area contributed by atoms with Gasteiger partial charge in [-0.15, -0.1) is 0 Å². The molecule has 1 aliphatic carbocycles. The third kappa shape index (κ3) is 4.28. The van der Waals surface area contributed by atoms with Gasteiger partial charge in [0.25, 0.3) is 11.8 Å². The van der Waals surface area contributed by atoms with E-state index in [4.69, 9.17) is 0 Å². The predicted molar refractivity (Wildman–Crippen MR) is 144 cm³/mol. The molecule has 11 heteroatoms. The van der Waals surface area contributed by atoms with Gasteiger partial charge in [0, 0.05) is 48.9 Å². The first-order valence-electron chi connectivity index (χ1n) is 14.0. The van der Waals surface area contributed by atoms with Gasteiger partial charge in [0.15, 0.2) is 0 Å². The summed E-state index contributed by atoms with van der Waals surface area (Å²) in [7, 11) is 0. The van der Waals surface area contributed by atoms with Crippen LogP contribution in [-0.2, 0) is 26.5 Å². The number of amides is 5. The maximum Gasteiger partial charge on any atom is 0.264 e. The lowest BCUT2D eigenvalue weighted by molar-refractivity contribution is -0.148. The van der Waals surface area contributed by atoms with Crippen LogP contribution in [0, 0.1) is 5.41 Å². The van der Waals surface area contributed by atoms with Crippen LogP contribution in [0.2, 0.25) is 0 Å². The van der Waals surface area contributed by atoms with E-state index in [2.05, 4.69) is 29.6 Å². The minimum absolute atomic E-state index is 0.0749. The van der Waals surface area contributed by atoms with Gasteiger partial charge in [0.2, 0.25) is 17.7 Å². The van der Waals surface area contributed by atoms with Crippen LogP contribution < -0.4 is 10.6 Å². The summed E-state index contributed by atoms with van der Waals surface area (Å²) in [5.74, 6) is -1.83. The summed E-state index contributed by atoms with van der Waals surface area (Å²) in [6, 6.07) is 4.01. The zero-order valence-corrected chi connectivity index (χ0v) is 22.9. The second-order valence-corrected chi connectivity index (χ2v) is 12.0. The average Bonchev–Trinajstić information content (AvgIpc) is 3.50. The monoisotopic (exact) mass is 546 g/mol. The number of fused-ring (bicyclic) bond motifs is 1. The lowest BCUT2D eigenvalue weighted by Gasteiger charge is -2.45. The van der Waals surface area contributed by atoms with Gasteiger partial charge in [-0.2, -0.15) is 5.10 Å². The molecule has 2 aromatic rings. The third-order valence-corrected chi connectivity index (χ3v) is 9.24. The molecular formula is C29H34N6O5. The number of rotatable bonds is 6. The number of nitrogens with zero attached hydrogens (tertiary/aromatic N) is 4. The molecule has 0 radical (unpaired) electrons. The van der Waals surface area contributed by atoms with Crippen LogP contribution >= 0.6 is 0 Å². The molecule has 6 rings (SSSR count). The standard InChI is InChI=1S/C29H34N6O5/c1-28(9-4-10-28)27(40)33-13-11-29(2,12-14-33)34-17-18(16-31-34)15-30-20-6-3-5-19-23(20)26(39)35(25(19)38)21-7-8-22(36)32-24(21)37/h3,5-6,16-17,21,30H,4,7-15H2,1-2H3,(H,32,36,37). The van der Waals surface area contributed by atoms with Crippen molar-refractivity contribution in [1.82, 2.24) is 24.9 Å². The Morgan fingerprint density at radius 2 is 1.82 bits per heavy atom. The largest absolute Gasteiger partial charge is 0.380 e. The SMILES string of the molecule is CC1(C(=O)N2CCC(C)(n3cc(CNc4cccc5c4C(=O)N(C4CCC(=O)NC4=O)C5=O)cn3)CC2)CCC1. The minimum Gasteiger partial charge on any atom is -0.380 e. The van der Waals surface area contributed by atoms with Crippen molar-refractivity contribution in [3.63, 3.8) is 0 Å². The van der Waals surface area contributed by atoms with Crippen LogP contribution in [0.3, 0.4) is 0 Å². The number of nitrogens with one attached hydrogen (secondary N) is 2. The molecule has 3 fully saturated rings. The van der Waals surface area contributed by atoms with E-state index in [0.717, 1.165) is 42.6 Å². The summed E-state index contributed by atoms with van der Waals surface area (Å²) in [6.07, 6.45) is 8.70. The van der Waals surface area contributed by atoms with Crippen molar-refractivity contribution in [1.29, 1.82) is 0 Å². The number of likely N-dealkylation sites (tertiary alicyclic amines) is 1. The van der Waals surface area contributed by atoms with Crippen molar-refractivity contribution in [3.8, 4) is 0 Å². The number of anilines is 1. The molecule has 0 bridgehead atoms. The Kier molecular flexibility index (Phi) is 6.27. The molecule has 2 N–H and O–H groups in total. The number of carbonyl (C=O) groups is 5. The first-order valence-corrected chi connectivity index (χ1v) is 14.0. The Morgan fingerprint density at radius 1 is 1.07 bits per heavy atom. The Balaban J connectivity index is 1.12. The normalized spacial score (nSPS) is 23.5. The highest BCUT2D eigenvalue weighted by Gasteiger charge is 2.46. The predicted octanol–water partition coefficient (Wildman–Crippen LogP) is 2.42. The molecule has 5 amide bonds. The number of imide groups is 2. The van der Waals surface area contributed by atoms with Gasteiger partial charge in [0.1, 0.15) is 6.04 Å². The van der Waals surface area contributed by atoms with Crippen molar-refractivity contribution < 1.29 is 24.0 Å². The van der Waals surface area contributed by atoms with Crippen molar-refractivity contribution in [2.24, 2.45) is 5.41 Å². The van der Waals surface area contributed by atoms with E-state index in [-0.39, 0.29) is 40.8 Å². The Bertz CT molecular complexity index is 1420. The maximum atomic E-state index is 13.3. The molecule has 2 saturated heterocycles. The summed E-state index contributed by atoms with van der Waals surface area (Å²) in [6.45, 7) is 6.07. The molecule has 3 aliphatic heterocycles. The fourth-order valence-corrected chi connectivity index (χ4v) is 6.33. The van der Waals surface area contributed by atoms with Crippen molar-refractivity contribution in [3.05, 3.63) is 47.3 Å². The van der Waals surface area contributed by atoms with Gasteiger partial charge in [-0.1, -0.05) is 19.4 Å².